The molecule has 2 N–H and O–H groups in total. The number of hydrogen-bond donors (Lipinski definition) is 2. The molecule has 0 saturated heterocycles. The highest BCUT2D eigenvalue weighted by molar-refractivity contribution is 6.31. The molecule has 3 rings (SSSR count). The number of amides is 2. The third kappa shape index (κ3) is 5.77. The normalized spacial score (nSPS) is 11.0. The molecule has 0 fully saturated rings. The Hall–Kier alpha value is -3.44. The van der Waals surface area contributed by atoms with Gasteiger partial charge in [-0.25, -0.2) is 5.43 Å². The fraction of sp³-hybridized carbons (Fsp3) is 0.0870. The highest BCUT2D eigenvalue weighted by Crippen LogP contribution is 2.19. The molecule has 0 aliphatic carbocycles. The van der Waals surface area contributed by atoms with E-state index in [2.05, 4.69) is 15.8 Å². The van der Waals surface area contributed by atoms with Crippen molar-refractivity contribution in [3.8, 4) is 11.1 Å². The molecule has 29 heavy (non-hydrogen) atoms. The number of rotatable bonds is 6. The molecule has 3 aromatic rings. The van der Waals surface area contributed by atoms with E-state index in [4.69, 9.17) is 11.6 Å². The van der Waals surface area contributed by atoms with Crippen molar-refractivity contribution < 1.29 is 9.59 Å². The Kier molecular flexibility index (Phi) is 6.76. The lowest BCUT2D eigenvalue weighted by molar-refractivity contribution is -0.120. The number of hydrogen-bond acceptors (Lipinski definition) is 3. The molecular formula is C23H20ClN3O2. The SMILES string of the molecule is C/C(=N\NC(=O)CNC(=O)c1cccc(Cl)c1)c1ccc(-c2ccccc2)cc1. The molecule has 0 aromatic heterocycles. The largest absolute Gasteiger partial charge is 0.343 e. The summed E-state index contributed by atoms with van der Waals surface area (Å²) in [6.07, 6.45) is 0. The number of benzene rings is 3. The molecule has 0 atom stereocenters. The van der Waals surface area contributed by atoms with Crippen molar-refractivity contribution in [1.29, 1.82) is 0 Å². The molecule has 0 radical (unpaired) electrons. The number of nitrogens with zero attached hydrogens (tertiary/aromatic N) is 1. The minimum Gasteiger partial charge on any atom is -0.343 e. The second-order valence-electron chi connectivity index (χ2n) is 6.37. The van der Waals surface area contributed by atoms with Gasteiger partial charge >= 0.3 is 0 Å². The van der Waals surface area contributed by atoms with Crippen LogP contribution in [-0.4, -0.2) is 24.1 Å². The molecule has 146 valence electrons. The van der Waals surface area contributed by atoms with E-state index in [1.807, 2.05) is 61.5 Å². The van der Waals surface area contributed by atoms with Crippen LogP contribution in [0.15, 0.2) is 84.0 Å². The van der Waals surface area contributed by atoms with Crippen LogP contribution in [0.3, 0.4) is 0 Å². The summed E-state index contributed by atoms with van der Waals surface area (Å²) in [5.74, 6) is -0.791. The molecule has 0 unspecified atom stereocenters. The van der Waals surface area contributed by atoms with Crippen LogP contribution >= 0.6 is 11.6 Å². The second-order valence-corrected chi connectivity index (χ2v) is 6.81. The topological polar surface area (TPSA) is 70.6 Å². The molecule has 0 saturated carbocycles. The number of carbonyl (C=O) groups excluding carboxylic acids is 2. The van der Waals surface area contributed by atoms with Crippen molar-refractivity contribution >= 4 is 29.1 Å². The zero-order chi connectivity index (χ0) is 20.6. The lowest BCUT2D eigenvalue weighted by atomic mass is 10.0. The van der Waals surface area contributed by atoms with Crippen LogP contribution in [0.5, 0.6) is 0 Å². The summed E-state index contributed by atoms with van der Waals surface area (Å²) in [7, 11) is 0. The minimum absolute atomic E-state index is 0.185. The lowest BCUT2D eigenvalue weighted by Gasteiger charge is -2.06. The number of carbonyl (C=O) groups is 2. The van der Waals surface area contributed by atoms with E-state index in [0.717, 1.165) is 16.7 Å². The molecular weight excluding hydrogens is 386 g/mol. The summed E-state index contributed by atoms with van der Waals surface area (Å²) in [5.41, 5.74) is 6.65. The maximum absolute atomic E-state index is 12.0. The Balaban J connectivity index is 1.53. The third-order valence-electron chi connectivity index (χ3n) is 4.25. The Morgan fingerprint density at radius 1 is 0.862 bits per heavy atom. The van der Waals surface area contributed by atoms with Gasteiger partial charge in [0.2, 0.25) is 0 Å². The van der Waals surface area contributed by atoms with Crippen molar-refractivity contribution in [2.75, 3.05) is 6.54 Å². The first-order valence-corrected chi connectivity index (χ1v) is 9.43. The summed E-state index contributed by atoms with van der Waals surface area (Å²) in [5, 5.41) is 7.10. The first kappa shape index (κ1) is 20.3. The van der Waals surface area contributed by atoms with Gasteiger partial charge in [-0.05, 0) is 41.8 Å². The van der Waals surface area contributed by atoms with Crippen LogP contribution in [0.2, 0.25) is 5.02 Å². The van der Waals surface area contributed by atoms with Gasteiger partial charge in [-0.1, -0.05) is 72.3 Å². The lowest BCUT2D eigenvalue weighted by Crippen LogP contribution is -2.35. The van der Waals surface area contributed by atoms with Crippen LogP contribution < -0.4 is 10.7 Å². The zero-order valence-electron chi connectivity index (χ0n) is 15.9. The van der Waals surface area contributed by atoms with Gasteiger partial charge in [-0.2, -0.15) is 5.10 Å². The predicted molar refractivity (Wildman–Crippen MR) is 116 cm³/mol. The Labute approximate surface area is 174 Å². The van der Waals surface area contributed by atoms with Crippen LogP contribution in [-0.2, 0) is 4.79 Å². The zero-order valence-corrected chi connectivity index (χ0v) is 16.6. The summed E-state index contributed by atoms with van der Waals surface area (Å²) < 4.78 is 0. The summed E-state index contributed by atoms with van der Waals surface area (Å²) >= 11 is 5.86. The standard InChI is InChI=1S/C23H20ClN3O2/c1-16(17-10-12-19(13-11-17)18-6-3-2-4-7-18)26-27-22(28)15-25-23(29)20-8-5-9-21(24)14-20/h2-14H,15H2,1H3,(H,25,29)(H,27,28)/b26-16+. The van der Waals surface area contributed by atoms with Crippen molar-refractivity contribution in [1.82, 2.24) is 10.7 Å². The van der Waals surface area contributed by atoms with Crippen LogP contribution in [0.4, 0.5) is 0 Å². The van der Waals surface area contributed by atoms with Gasteiger partial charge in [-0.15, -0.1) is 0 Å². The molecule has 0 aliphatic rings. The average Bonchev–Trinajstić information content (AvgIpc) is 2.76. The Bertz CT molecular complexity index is 1030. The van der Waals surface area contributed by atoms with Gasteiger partial charge in [0.25, 0.3) is 11.8 Å². The van der Waals surface area contributed by atoms with E-state index < -0.39 is 5.91 Å². The van der Waals surface area contributed by atoms with Crippen molar-refractivity contribution in [3.05, 3.63) is 95.0 Å². The molecule has 0 bridgehead atoms. The Morgan fingerprint density at radius 2 is 1.55 bits per heavy atom. The Morgan fingerprint density at radius 3 is 2.24 bits per heavy atom. The van der Waals surface area contributed by atoms with E-state index in [1.54, 1.807) is 18.2 Å². The first-order chi connectivity index (χ1) is 14.0. The van der Waals surface area contributed by atoms with Gasteiger partial charge in [0.05, 0.1) is 12.3 Å². The average molecular weight is 406 g/mol. The molecule has 6 heteroatoms. The van der Waals surface area contributed by atoms with E-state index >= 15 is 0 Å². The number of nitrogens with one attached hydrogen (secondary N) is 2. The van der Waals surface area contributed by atoms with Crippen LogP contribution in [0, 0.1) is 0 Å². The van der Waals surface area contributed by atoms with E-state index in [-0.39, 0.29) is 12.5 Å². The molecule has 3 aromatic carbocycles. The third-order valence-corrected chi connectivity index (χ3v) is 4.49. The van der Waals surface area contributed by atoms with E-state index in [9.17, 15) is 9.59 Å². The second kappa shape index (κ2) is 9.66. The molecule has 5 nitrogen and oxygen atoms in total. The van der Waals surface area contributed by atoms with E-state index in [1.165, 1.54) is 6.07 Å². The van der Waals surface area contributed by atoms with Crippen LogP contribution in [0.25, 0.3) is 11.1 Å². The van der Waals surface area contributed by atoms with Crippen molar-refractivity contribution in [2.45, 2.75) is 6.92 Å². The summed E-state index contributed by atoms with van der Waals surface area (Å²) in [4.78, 5) is 24.0. The predicted octanol–water partition coefficient (Wildman–Crippen LogP) is 4.28. The highest BCUT2D eigenvalue weighted by Gasteiger charge is 2.08. The fourth-order valence-corrected chi connectivity index (χ4v) is 2.87. The van der Waals surface area contributed by atoms with Crippen molar-refractivity contribution in [2.24, 2.45) is 5.10 Å². The quantitative estimate of drug-likeness (QED) is 0.474. The van der Waals surface area contributed by atoms with Gasteiger partial charge in [0, 0.05) is 10.6 Å². The number of halogens is 1. The smallest absolute Gasteiger partial charge is 0.259 e. The molecule has 2 amide bonds. The number of hydrazone groups is 1. The van der Waals surface area contributed by atoms with Crippen LogP contribution in [0.1, 0.15) is 22.8 Å². The summed E-state index contributed by atoms with van der Waals surface area (Å²) in [6.45, 7) is 1.62. The van der Waals surface area contributed by atoms with E-state index in [0.29, 0.717) is 16.3 Å². The molecule has 0 aliphatic heterocycles. The molecule has 0 heterocycles. The fourth-order valence-electron chi connectivity index (χ4n) is 2.68. The minimum atomic E-state index is -0.416. The first-order valence-electron chi connectivity index (χ1n) is 9.05. The maximum atomic E-state index is 12.0. The summed E-state index contributed by atoms with van der Waals surface area (Å²) in [6, 6.07) is 24.5. The van der Waals surface area contributed by atoms with Crippen molar-refractivity contribution in [3.63, 3.8) is 0 Å². The highest BCUT2D eigenvalue weighted by atomic mass is 35.5. The van der Waals surface area contributed by atoms with Gasteiger partial charge in [0.1, 0.15) is 0 Å². The maximum Gasteiger partial charge on any atom is 0.259 e. The monoisotopic (exact) mass is 405 g/mol. The van der Waals surface area contributed by atoms with Gasteiger partial charge < -0.3 is 5.32 Å². The van der Waals surface area contributed by atoms with Gasteiger partial charge in [0.15, 0.2) is 0 Å². The van der Waals surface area contributed by atoms with Gasteiger partial charge in [-0.3, -0.25) is 9.59 Å². The molecule has 0 spiro atoms.